The number of carbonyl (C=O) groups is 1. The summed E-state index contributed by atoms with van der Waals surface area (Å²) in [5, 5.41) is 19.4. The summed E-state index contributed by atoms with van der Waals surface area (Å²) in [5.41, 5.74) is -0.407. The minimum absolute atomic E-state index is 0.00362. The van der Waals surface area contributed by atoms with Crippen LogP contribution in [0.3, 0.4) is 0 Å². The van der Waals surface area contributed by atoms with E-state index in [0.29, 0.717) is 19.3 Å². The number of aliphatic hydroxyl groups excluding tert-OH is 1. The monoisotopic (exact) mass is 314 g/mol. The Bertz CT molecular complexity index is 685. The first-order valence-electron chi connectivity index (χ1n) is 6.36. The predicted octanol–water partition coefficient (Wildman–Crippen LogP) is 0.902. The van der Waals surface area contributed by atoms with Gasteiger partial charge in [-0.05, 0) is 25.3 Å². The van der Waals surface area contributed by atoms with Gasteiger partial charge in [0.15, 0.2) is 0 Å². The lowest BCUT2D eigenvalue weighted by molar-refractivity contribution is -0.385. The van der Waals surface area contributed by atoms with E-state index in [1.54, 1.807) is 0 Å². The van der Waals surface area contributed by atoms with Gasteiger partial charge in [0, 0.05) is 25.3 Å². The summed E-state index contributed by atoms with van der Waals surface area (Å²) in [6, 6.07) is 3.19. The number of aliphatic hydroxyl groups is 1. The van der Waals surface area contributed by atoms with Gasteiger partial charge in [-0.15, -0.1) is 0 Å². The fourth-order valence-electron chi connectivity index (χ4n) is 2.14. The number of nitro groups is 1. The standard InChI is InChI=1S/C12H14N2O6S/c15-7-3-1-2-6-13-12(16)10-5-4-9(14(17)18)8-11(10)21(13,19)20/h4-5,8,15H,1-3,6-7H2. The summed E-state index contributed by atoms with van der Waals surface area (Å²) in [4.78, 5) is 21.8. The van der Waals surface area contributed by atoms with Crippen LogP contribution in [0, 0.1) is 10.1 Å². The summed E-state index contributed by atoms with van der Waals surface area (Å²) in [5.74, 6) is -0.663. The molecule has 0 atom stereocenters. The van der Waals surface area contributed by atoms with Gasteiger partial charge in [0.1, 0.15) is 4.90 Å². The number of nitro benzene ring substituents is 1. The molecule has 0 aromatic heterocycles. The molecule has 1 aromatic rings. The third-order valence-electron chi connectivity index (χ3n) is 3.22. The maximum atomic E-state index is 12.3. The highest BCUT2D eigenvalue weighted by Gasteiger charge is 2.41. The number of hydrogen-bond donors (Lipinski definition) is 1. The van der Waals surface area contributed by atoms with E-state index in [0.717, 1.165) is 16.4 Å². The third kappa shape index (κ3) is 2.74. The highest BCUT2D eigenvalue weighted by atomic mass is 32.2. The van der Waals surface area contributed by atoms with E-state index in [1.807, 2.05) is 0 Å². The van der Waals surface area contributed by atoms with Gasteiger partial charge < -0.3 is 5.11 Å². The second kappa shape index (κ2) is 5.78. The number of amides is 1. The molecule has 1 N–H and O–H groups in total. The van der Waals surface area contributed by atoms with Crippen molar-refractivity contribution in [2.45, 2.75) is 24.2 Å². The quantitative estimate of drug-likeness (QED) is 0.473. The first-order valence-corrected chi connectivity index (χ1v) is 7.80. The van der Waals surface area contributed by atoms with Gasteiger partial charge in [0.25, 0.3) is 21.6 Å². The van der Waals surface area contributed by atoms with Gasteiger partial charge in [-0.25, -0.2) is 12.7 Å². The Balaban J connectivity index is 2.29. The van der Waals surface area contributed by atoms with Crippen LogP contribution < -0.4 is 0 Å². The van der Waals surface area contributed by atoms with Crippen LogP contribution >= 0.6 is 0 Å². The number of rotatable bonds is 6. The average molecular weight is 314 g/mol. The van der Waals surface area contributed by atoms with Crippen LogP contribution in [0.4, 0.5) is 5.69 Å². The first kappa shape index (κ1) is 15.4. The lowest BCUT2D eigenvalue weighted by Gasteiger charge is -2.14. The zero-order valence-electron chi connectivity index (χ0n) is 11.1. The second-order valence-corrected chi connectivity index (χ2v) is 6.43. The van der Waals surface area contributed by atoms with E-state index in [1.165, 1.54) is 6.07 Å². The van der Waals surface area contributed by atoms with Gasteiger partial charge >= 0.3 is 0 Å². The van der Waals surface area contributed by atoms with Crippen LogP contribution in [-0.2, 0) is 10.0 Å². The van der Waals surface area contributed by atoms with E-state index in [-0.39, 0.29) is 29.3 Å². The molecule has 0 bridgehead atoms. The Hall–Kier alpha value is -2.00. The van der Waals surface area contributed by atoms with Crippen LogP contribution in [-0.4, -0.2) is 41.8 Å². The second-order valence-electron chi connectivity index (χ2n) is 4.60. The fourth-order valence-corrected chi connectivity index (χ4v) is 3.77. The molecule has 1 aromatic carbocycles. The van der Waals surface area contributed by atoms with Crippen molar-refractivity contribution >= 4 is 21.6 Å². The normalized spacial score (nSPS) is 16.0. The Kier molecular flexibility index (Phi) is 4.24. The predicted molar refractivity (Wildman–Crippen MR) is 72.3 cm³/mol. The van der Waals surface area contributed by atoms with Crippen molar-refractivity contribution in [1.29, 1.82) is 0 Å². The Morgan fingerprint density at radius 1 is 1.24 bits per heavy atom. The molecular formula is C12H14N2O6S. The smallest absolute Gasteiger partial charge is 0.270 e. The van der Waals surface area contributed by atoms with E-state index in [4.69, 9.17) is 5.11 Å². The van der Waals surface area contributed by atoms with E-state index >= 15 is 0 Å². The summed E-state index contributed by atoms with van der Waals surface area (Å²) in [6.45, 7) is 0.0107. The fraction of sp³-hybridized carbons (Fsp3) is 0.417. The third-order valence-corrected chi connectivity index (χ3v) is 5.04. The van der Waals surface area contributed by atoms with Crippen molar-refractivity contribution in [3.05, 3.63) is 33.9 Å². The molecule has 1 amide bonds. The average Bonchev–Trinajstić information content (AvgIpc) is 2.63. The molecule has 0 spiro atoms. The van der Waals surface area contributed by atoms with Crippen molar-refractivity contribution in [3.63, 3.8) is 0 Å². The van der Waals surface area contributed by atoms with Gasteiger partial charge in [0.05, 0.1) is 10.5 Å². The first-order chi connectivity index (χ1) is 9.89. The molecule has 0 radical (unpaired) electrons. The van der Waals surface area contributed by atoms with Crippen molar-refractivity contribution in [2.75, 3.05) is 13.2 Å². The molecule has 1 aliphatic rings. The van der Waals surface area contributed by atoms with Gasteiger partial charge in [0.2, 0.25) is 0 Å². The van der Waals surface area contributed by atoms with E-state index in [9.17, 15) is 23.3 Å². The van der Waals surface area contributed by atoms with Crippen molar-refractivity contribution in [2.24, 2.45) is 0 Å². The molecule has 1 aliphatic heterocycles. The van der Waals surface area contributed by atoms with Crippen LogP contribution in [0.5, 0.6) is 0 Å². The van der Waals surface area contributed by atoms with Crippen molar-refractivity contribution < 1.29 is 23.2 Å². The number of non-ortho nitro benzene ring substituents is 1. The molecule has 0 saturated heterocycles. The zero-order valence-corrected chi connectivity index (χ0v) is 11.9. The molecule has 0 saturated carbocycles. The summed E-state index contributed by atoms with van der Waals surface area (Å²) in [6.07, 6.45) is 1.55. The topological polar surface area (TPSA) is 118 Å². The molecule has 0 fully saturated rings. The Morgan fingerprint density at radius 3 is 2.57 bits per heavy atom. The maximum Gasteiger partial charge on any atom is 0.270 e. The van der Waals surface area contributed by atoms with Crippen LogP contribution in [0.2, 0.25) is 0 Å². The van der Waals surface area contributed by atoms with Crippen LogP contribution in [0.15, 0.2) is 23.1 Å². The van der Waals surface area contributed by atoms with Crippen LogP contribution in [0.25, 0.3) is 0 Å². The molecular weight excluding hydrogens is 300 g/mol. The number of carbonyl (C=O) groups excluding carboxylic acids is 1. The molecule has 1 heterocycles. The molecule has 0 aliphatic carbocycles. The van der Waals surface area contributed by atoms with E-state index in [2.05, 4.69) is 0 Å². The summed E-state index contributed by atoms with van der Waals surface area (Å²) >= 11 is 0. The SMILES string of the molecule is O=C1c2ccc([N+](=O)[O-])cc2S(=O)(=O)N1CCCCCO. The zero-order chi connectivity index (χ0) is 15.6. The number of nitrogens with zero attached hydrogens (tertiary/aromatic N) is 2. The molecule has 114 valence electrons. The number of unbranched alkanes of at least 4 members (excludes halogenated alkanes) is 2. The summed E-state index contributed by atoms with van der Waals surface area (Å²) < 4.78 is 25.3. The lowest BCUT2D eigenvalue weighted by atomic mass is 10.2. The van der Waals surface area contributed by atoms with Crippen LogP contribution in [0.1, 0.15) is 29.6 Å². The van der Waals surface area contributed by atoms with Crippen molar-refractivity contribution in [3.8, 4) is 0 Å². The minimum Gasteiger partial charge on any atom is -0.396 e. The largest absolute Gasteiger partial charge is 0.396 e. The maximum absolute atomic E-state index is 12.3. The highest BCUT2D eigenvalue weighted by molar-refractivity contribution is 7.90. The molecule has 2 rings (SSSR count). The number of sulfonamides is 1. The Labute approximate surface area is 121 Å². The van der Waals surface area contributed by atoms with Gasteiger partial charge in [-0.3, -0.25) is 14.9 Å². The van der Waals surface area contributed by atoms with E-state index < -0.39 is 20.9 Å². The van der Waals surface area contributed by atoms with Crippen molar-refractivity contribution in [1.82, 2.24) is 4.31 Å². The highest BCUT2D eigenvalue weighted by Crippen LogP contribution is 2.33. The summed E-state index contributed by atoms with van der Waals surface area (Å²) in [7, 11) is -4.02. The number of hydrogen-bond acceptors (Lipinski definition) is 6. The minimum atomic E-state index is -4.02. The Morgan fingerprint density at radius 2 is 1.95 bits per heavy atom. The molecule has 9 heteroatoms. The molecule has 0 unspecified atom stereocenters. The van der Waals surface area contributed by atoms with Gasteiger partial charge in [-0.1, -0.05) is 0 Å². The number of benzene rings is 1. The molecule has 21 heavy (non-hydrogen) atoms. The number of fused-ring (bicyclic) bond motifs is 1. The molecule has 8 nitrogen and oxygen atoms in total. The van der Waals surface area contributed by atoms with Gasteiger partial charge in [-0.2, -0.15) is 0 Å². The lowest BCUT2D eigenvalue weighted by Crippen LogP contribution is -2.31.